The minimum absolute atomic E-state index is 0.0358. The molecule has 3 amide bonds. The molecule has 0 aliphatic carbocycles. The molecule has 0 atom stereocenters. The van der Waals surface area contributed by atoms with Crippen LogP contribution in [0.25, 0.3) is 0 Å². The average Bonchev–Trinajstić information content (AvgIpc) is 2.62. The van der Waals surface area contributed by atoms with Crippen LogP contribution in [0, 0.1) is 6.92 Å². The zero-order chi connectivity index (χ0) is 21.6. The smallest absolute Gasteiger partial charge is 0.275 e. The monoisotopic (exact) mass is 403 g/mol. The molecule has 0 spiro atoms. The molecule has 1 aliphatic rings. The topological polar surface area (TPSA) is 74.2 Å². The second kappa shape index (κ2) is 9.87. The Kier molecular flexibility index (Phi) is 7.79. The second-order valence-corrected chi connectivity index (χ2v) is 9.02. The van der Waals surface area contributed by atoms with E-state index in [1.165, 1.54) is 9.80 Å². The van der Waals surface area contributed by atoms with E-state index in [9.17, 15) is 14.4 Å². The highest BCUT2D eigenvalue weighted by molar-refractivity contribution is 5.85. The number of amides is 3. The number of carbonyl (C=O) groups excluding carboxylic acids is 3. The predicted octanol–water partition coefficient (Wildman–Crippen LogP) is -0.362. The van der Waals surface area contributed by atoms with Gasteiger partial charge in [-0.25, -0.2) is 0 Å². The predicted molar refractivity (Wildman–Crippen MR) is 113 cm³/mol. The van der Waals surface area contributed by atoms with E-state index in [0.717, 1.165) is 24.2 Å². The van der Waals surface area contributed by atoms with Crippen molar-refractivity contribution in [1.82, 2.24) is 15.1 Å². The van der Waals surface area contributed by atoms with E-state index in [1.807, 2.05) is 52.0 Å². The largest absolute Gasteiger partial charge is 0.347 e. The summed E-state index contributed by atoms with van der Waals surface area (Å²) in [6.45, 7) is 11.1. The Hall–Kier alpha value is -2.41. The fourth-order valence-corrected chi connectivity index (χ4v) is 3.35. The number of carbonyl (C=O) groups is 3. The summed E-state index contributed by atoms with van der Waals surface area (Å²) in [5.74, 6) is -0.0676. The van der Waals surface area contributed by atoms with Gasteiger partial charge in [-0.2, -0.15) is 0 Å². The first-order chi connectivity index (χ1) is 13.5. The van der Waals surface area contributed by atoms with Gasteiger partial charge < -0.3 is 20.0 Å². The van der Waals surface area contributed by atoms with Gasteiger partial charge in [-0.15, -0.1) is 0 Å². The van der Waals surface area contributed by atoms with E-state index >= 15 is 0 Å². The zero-order valence-corrected chi connectivity index (χ0v) is 18.4. The number of hydrogen-bond acceptors (Lipinski definition) is 3. The normalized spacial score (nSPS) is 15.1. The number of benzene rings is 1. The molecule has 0 unspecified atom stereocenters. The summed E-state index contributed by atoms with van der Waals surface area (Å²) in [7, 11) is 1.67. The minimum atomic E-state index is -0.232. The second-order valence-electron chi connectivity index (χ2n) is 9.02. The standard InChI is InChI=1S/C22H34N4O3/c1-17-6-8-18(9-7-17)14-20(28)24(5)16-21(29)26-12-10-25(11-13-26)15-19(27)23-22(2,3)4/h6-9H,10-16H2,1-5H3,(H,23,27)/p+1. The van der Waals surface area contributed by atoms with E-state index in [2.05, 4.69) is 5.32 Å². The summed E-state index contributed by atoms with van der Waals surface area (Å²) < 4.78 is 0. The minimum Gasteiger partial charge on any atom is -0.347 e. The Morgan fingerprint density at radius 2 is 1.69 bits per heavy atom. The van der Waals surface area contributed by atoms with E-state index in [-0.39, 0.29) is 29.8 Å². The van der Waals surface area contributed by atoms with Gasteiger partial charge in [0, 0.05) is 12.6 Å². The number of quaternary nitrogens is 1. The zero-order valence-electron chi connectivity index (χ0n) is 18.4. The van der Waals surface area contributed by atoms with E-state index < -0.39 is 0 Å². The van der Waals surface area contributed by atoms with E-state index in [0.29, 0.717) is 26.1 Å². The van der Waals surface area contributed by atoms with Gasteiger partial charge in [0.1, 0.15) is 0 Å². The van der Waals surface area contributed by atoms with Crippen molar-refractivity contribution in [3.05, 3.63) is 35.4 Å². The highest BCUT2D eigenvalue weighted by Crippen LogP contribution is 2.06. The van der Waals surface area contributed by atoms with Gasteiger partial charge in [0.2, 0.25) is 11.8 Å². The van der Waals surface area contributed by atoms with Crippen molar-refractivity contribution in [3.63, 3.8) is 0 Å². The molecular weight excluding hydrogens is 368 g/mol. The van der Waals surface area contributed by atoms with Crippen molar-refractivity contribution in [2.45, 2.75) is 39.7 Å². The van der Waals surface area contributed by atoms with Crippen LogP contribution in [0.5, 0.6) is 0 Å². The Bertz CT molecular complexity index is 717. The number of hydrogen-bond donors (Lipinski definition) is 2. The van der Waals surface area contributed by atoms with Gasteiger partial charge in [-0.1, -0.05) is 29.8 Å². The molecule has 0 aromatic heterocycles. The molecule has 0 saturated carbocycles. The van der Waals surface area contributed by atoms with E-state index in [4.69, 9.17) is 0 Å². The van der Waals surface area contributed by atoms with Crippen molar-refractivity contribution >= 4 is 17.7 Å². The third kappa shape index (κ3) is 7.85. The van der Waals surface area contributed by atoms with Gasteiger partial charge in [0.25, 0.3) is 5.91 Å². The third-order valence-electron chi connectivity index (χ3n) is 5.02. The molecule has 1 saturated heterocycles. The molecule has 1 heterocycles. The first kappa shape index (κ1) is 22.9. The summed E-state index contributed by atoms with van der Waals surface area (Å²) in [4.78, 5) is 41.5. The van der Waals surface area contributed by atoms with Crippen molar-refractivity contribution in [1.29, 1.82) is 0 Å². The number of piperazine rings is 1. The van der Waals surface area contributed by atoms with Crippen LogP contribution in [0.1, 0.15) is 31.9 Å². The highest BCUT2D eigenvalue weighted by Gasteiger charge is 2.27. The molecule has 2 N–H and O–H groups in total. The third-order valence-corrected chi connectivity index (χ3v) is 5.02. The van der Waals surface area contributed by atoms with Crippen LogP contribution in [0.2, 0.25) is 0 Å². The van der Waals surface area contributed by atoms with Gasteiger partial charge in [-0.3, -0.25) is 14.4 Å². The molecule has 2 rings (SSSR count). The van der Waals surface area contributed by atoms with Crippen molar-refractivity contribution < 1.29 is 19.3 Å². The van der Waals surface area contributed by atoms with Gasteiger partial charge in [0.15, 0.2) is 6.54 Å². The van der Waals surface area contributed by atoms with Crippen LogP contribution in [0.15, 0.2) is 24.3 Å². The maximum absolute atomic E-state index is 12.6. The molecule has 7 nitrogen and oxygen atoms in total. The summed E-state index contributed by atoms with van der Waals surface area (Å²) in [6.07, 6.45) is 0.297. The molecule has 1 aromatic carbocycles. The van der Waals surface area contributed by atoms with Crippen LogP contribution >= 0.6 is 0 Å². The molecule has 0 bridgehead atoms. The first-order valence-electron chi connectivity index (χ1n) is 10.3. The Balaban J connectivity index is 1.75. The van der Waals surface area contributed by atoms with Gasteiger partial charge in [0.05, 0.1) is 39.1 Å². The highest BCUT2D eigenvalue weighted by atomic mass is 16.2. The SMILES string of the molecule is Cc1ccc(CC(=O)N(C)CC(=O)N2CC[NH+](CC(=O)NC(C)(C)C)CC2)cc1. The molecule has 160 valence electrons. The lowest BCUT2D eigenvalue weighted by Gasteiger charge is -2.33. The van der Waals surface area contributed by atoms with Crippen LogP contribution in [-0.2, 0) is 20.8 Å². The van der Waals surface area contributed by atoms with Gasteiger partial charge in [-0.05, 0) is 33.3 Å². The van der Waals surface area contributed by atoms with Crippen LogP contribution in [0.3, 0.4) is 0 Å². The summed E-state index contributed by atoms with van der Waals surface area (Å²) in [5, 5.41) is 2.98. The molecule has 0 radical (unpaired) electrons. The molecule has 29 heavy (non-hydrogen) atoms. The van der Waals surface area contributed by atoms with Crippen LogP contribution in [-0.4, -0.2) is 79.4 Å². The van der Waals surface area contributed by atoms with Crippen molar-refractivity contribution in [2.75, 3.05) is 46.3 Å². The maximum Gasteiger partial charge on any atom is 0.275 e. The van der Waals surface area contributed by atoms with Gasteiger partial charge >= 0.3 is 0 Å². The van der Waals surface area contributed by atoms with Crippen LogP contribution < -0.4 is 10.2 Å². The Morgan fingerprint density at radius 3 is 2.24 bits per heavy atom. The fraction of sp³-hybridized carbons (Fsp3) is 0.591. The quantitative estimate of drug-likeness (QED) is 0.681. The molecule has 1 aromatic rings. The number of likely N-dealkylation sites (N-methyl/N-ethyl adjacent to an activating group) is 1. The number of nitrogens with zero attached hydrogens (tertiary/aromatic N) is 2. The Morgan fingerprint density at radius 1 is 1.10 bits per heavy atom. The molecule has 1 aliphatic heterocycles. The van der Waals surface area contributed by atoms with Crippen molar-refractivity contribution in [2.24, 2.45) is 0 Å². The number of nitrogens with one attached hydrogen (secondary N) is 2. The summed E-state index contributed by atoms with van der Waals surface area (Å²) in [5.41, 5.74) is 1.87. The lowest BCUT2D eigenvalue weighted by molar-refractivity contribution is -0.896. The first-order valence-corrected chi connectivity index (χ1v) is 10.3. The lowest BCUT2D eigenvalue weighted by atomic mass is 10.1. The van der Waals surface area contributed by atoms with E-state index in [1.54, 1.807) is 11.9 Å². The fourth-order valence-electron chi connectivity index (χ4n) is 3.35. The number of aryl methyl sites for hydroxylation is 1. The van der Waals surface area contributed by atoms with Crippen LogP contribution in [0.4, 0.5) is 0 Å². The molecular formula is C22H35N4O3+. The lowest BCUT2D eigenvalue weighted by Crippen LogP contribution is -3.16. The van der Waals surface area contributed by atoms with Crippen molar-refractivity contribution in [3.8, 4) is 0 Å². The maximum atomic E-state index is 12.6. The average molecular weight is 404 g/mol. The molecule has 7 heteroatoms. The Labute approximate surface area is 174 Å². The number of rotatable bonds is 6. The summed E-state index contributed by atoms with van der Waals surface area (Å²) in [6, 6.07) is 7.86. The summed E-state index contributed by atoms with van der Waals surface area (Å²) >= 11 is 0. The molecule has 1 fully saturated rings.